The number of anilines is 2. The van der Waals surface area contributed by atoms with E-state index in [9.17, 15) is 4.79 Å². The van der Waals surface area contributed by atoms with Gasteiger partial charge in [-0.25, -0.2) is 4.98 Å². The van der Waals surface area contributed by atoms with Crippen LogP contribution >= 0.6 is 0 Å². The first-order chi connectivity index (χ1) is 18.4. The number of hydrogen-bond donors (Lipinski definition) is 2. The van der Waals surface area contributed by atoms with Crippen LogP contribution in [0.5, 0.6) is 0 Å². The summed E-state index contributed by atoms with van der Waals surface area (Å²) >= 11 is 0. The van der Waals surface area contributed by atoms with Crippen LogP contribution in [0.15, 0.2) is 60.8 Å². The second-order valence-electron chi connectivity index (χ2n) is 10.3. The standard InChI is InChI=1S/C30H36N4O.CH2O2/c1-21-7-14-30(31-19-21)32-28-17-22(2)34(23(3)35)29-13-12-26(18-27(28)29)25-10-8-24(9-11-25)20-33-15-5-4-6-16-33;2-1-3/h7-14,18-19,22,28H,4-6,15-17,20H2,1-3H3,(H,31,32);1H,(H,2,3). The molecule has 200 valence electrons. The fourth-order valence-electron chi connectivity index (χ4n) is 5.57. The number of fused-ring (bicyclic) bond motifs is 1. The summed E-state index contributed by atoms with van der Waals surface area (Å²) < 4.78 is 0. The number of aryl methyl sites for hydroxylation is 1. The van der Waals surface area contributed by atoms with Gasteiger partial charge in [0, 0.05) is 31.4 Å². The van der Waals surface area contributed by atoms with Crippen LogP contribution in [0.4, 0.5) is 11.5 Å². The van der Waals surface area contributed by atoms with Crippen molar-refractivity contribution in [3.05, 3.63) is 77.5 Å². The molecule has 2 aromatic carbocycles. The number of aromatic nitrogens is 1. The third-order valence-corrected chi connectivity index (χ3v) is 7.39. The van der Waals surface area contributed by atoms with Crippen LogP contribution in [0, 0.1) is 6.92 Å². The first-order valence-electron chi connectivity index (χ1n) is 13.4. The van der Waals surface area contributed by atoms with E-state index in [2.05, 4.69) is 70.7 Å². The number of nitrogens with one attached hydrogen (secondary N) is 1. The number of pyridine rings is 1. The van der Waals surface area contributed by atoms with Crippen LogP contribution in [-0.4, -0.2) is 46.5 Å². The molecule has 7 nitrogen and oxygen atoms in total. The zero-order chi connectivity index (χ0) is 27.1. The molecule has 3 aromatic rings. The number of carbonyl (C=O) groups excluding carboxylic acids is 1. The summed E-state index contributed by atoms with van der Waals surface area (Å²) in [5.41, 5.74) is 7.03. The van der Waals surface area contributed by atoms with Gasteiger partial charge in [-0.3, -0.25) is 14.5 Å². The molecule has 3 heterocycles. The van der Waals surface area contributed by atoms with Crippen molar-refractivity contribution in [3.63, 3.8) is 0 Å². The fraction of sp³-hybridized carbons (Fsp3) is 0.387. The Hall–Kier alpha value is -3.71. The SMILES string of the molecule is CC(=O)N1c2ccc(-c3ccc(CN4CCCCC4)cc3)cc2C(Nc2ccc(C)cn2)CC1C.O=CO. The molecule has 0 bridgehead atoms. The molecule has 0 radical (unpaired) electrons. The summed E-state index contributed by atoms with van der Waals surface area (Å²) in [5.74, 6) is 0.947. The zero-order valence-corrected chi connectivity index (χ0v) is 22.6. The van der Waals surface area contributed by atoms with E-state index in [1.807, 2.05) is 24.1 Å². The Bertz CT molecular complexity index is 1220. The monoisotopic (exact) mass is 514 g/mol. The number of nitrogens with zero attached hydrogens (tertiary/aromatic N) is 3. The topological polar surface area (TPSA) is 85.8 Å². The molecule has 2 atom stereocenters. The van der Waals surface area contributed by atoms with E-state index in [1.165, 1.54) is 49.0 Å². The number of rotatable bonds is 5. The Labute approximate surface area is 225 Å². The number of likely N-dealkylation sites (tertiary alicyclic amines) is 1. The lowest BCUT2D eigenvalue weighted by Crippen LogP contribution is -2.43. The van der Waals surface area contributed by atoms with E-state index < -0.39 is 0 Å². The summed E-state index contributed by atoms with van der Waals surface area (Å²) in [6, 6.07) is 19.8. The van der Waals surface area contributed by atoms with Crippen molar-refractivity contribution in [1.29, 1.82) is 0 Å². The Kier molecular flexibility index (Phi) is 9.13. The van der Waals surface area contributed by atoms with Crippen molar-refractivity contribution in [3.8, 4) is 11.1 Å². The highest BCUT2D eigenvalue weighted by Crippen LogP contribution is 2.41. The van der Waals surface area contributed by atoms with E-state index in [-0.39, 0.29) is 24.5 Å². The molecule has 2 aliphatic heterocycles. The lowest BCUT2D eigenvalue weighted by molar-refractivity contribution is -0.123. The molecule has 0 aliphatic carbocycles. The van der Waals surface area contributed by atoms with E-state index in [1.54, 1.807) is 6.92 Å². The predicted octanol–water partition coefficient (Wildman–Crippen LogP) is 6.04. The number of carboxylic acid groups (broad SMARTS) is 1. The normalized spacial score (nSPS) is 19.1. The van der Waals surface area contributed by atoms with Gasteiger partial charge >= 0.3 is 0 Å². The van der Waals surface area contributed by atoms with Gasteiger partial charge in [-0.1, -0.05) is 42.8 Å². The van der Waals surface area contributed by atoms with E-state index in [4.69, 9.17) is 9.90 Å². The maximum absolute atomic E-state index is 12.5. The highest BCUT2D eigenvalue weighted by Gasteiger charge is 2.32. The van der Waals surface area contributed by atoms with Crippen LogP contribution < -0.4 is 10.2 Å². The molecule has 1 fully saturated rings. The lowest BCUT2D eigenvalue weighted by atomic mass is 9.89. The molecule has 1 aromatic heterocycles. The van der Waals surface area contributed by atoms with Gasteiger partial charge in [0.05, 0.1) is 6.04 Å². The summed E-state index contributed by atoms with van der Waals surface area (Å²) in [5, 5.41) is 10.5. The molecular weight excluding hydrogens is 476 g/mol. The average molecular weight is 515 g/mol. The van der Waals surface area contributed by atoms with Crippen LogP contribution in [0.25, 0.3) is 11.1 Å². The second kappa shape index (κ2) is 12.7. The molecule has 2 aliphatic rings. The van der Waals surface area contributed by atoms with Crippen molar-refractivity contribution in [2.75, 3.05) is 23.3 Å². The van der Waals surface area contributed by atoms with Gasteiger partial charge in [0.25, 0.3) is 6.47 Å². The van der Waals surface area contributed by atoms with Crippen molar-refractivity contribution in [1.82, 2.24) is 9.88 Å². The minimum absolute atomic E-state index is 0.0838. The third kappa shape index (κ3) is 6.58. The smallest absolute Gasteiger partial charge is 0.290 e. The van der Waals surface area contributed by atoms with E-state index in [0.717, 1.165) is 35.6 Å². The van der Waals surface area contributed by atoms with Gasteiger partial charge in [0.15, 0.2) is 0 Å². The first-order valence-corrected chi connectivity index (χ1v) is 13.4. The summed E-state index contributed by atoms with van der Waals surface area (Å²) in [6.07, 6.45) is 6.72. The van der Waals surface area contributed by atoms with Crippen molar-refractivity contribution >= 4 is 23.9 Å². The lowest BCUT2D eigenvalue weighted by Gasteiger charge is -2.39. The summed E-state index contributed by atoms with van der Waals surface area (Å²) in [7, 11) is 0. The van der Waals surface area contributed by atoms with Crippen LogP contribution in [0.3, 0.4) is 0 Å². The highest BCUT2D eigenvalue weighted by atomic mass is 16.3. The summed E-state index contributed by atoms with van der Waals surface area (Å²) in [4.78, 5) is 29.9. The quantitative estimate of drug-likeness (QED) is 0.404. The molecule has 2 unspecified atom stereocenters. The Morgan fingerprint density at radius 1 is 1.05 bits per heavy atom. The molecular formula is C31H38N4O3. The molecule has 38 heavy (non-hydrogen) atoms. The number of carbonyl (C=O) groups is 2. The van der Waals surface area contributed by atoms with Crippen LogP contribution in [0.2, 0.25) is 0 Å². The Morgan fingerprint density at radius 3 is 2.37 bits per heavy atom. The van der Waals surface area contributed by atoms with Crippen LogP contribution in [-0.2, 0) is 16.1 Å². The third-order valence-electron chi connectivity index (χ3n) is 7.39. The van der Waals surface area contributed by atoms with Gasteiger partial charge in [0.2, 0.25) is 5.91 Å². The van der Waals surface area contributed by atoms with Crippen molar-refractivity contribution in [2.24, 2.45) is 0 Å². The Morgan fingerprint density at radius 2 is 1.74 bits per heavy atom. The fourth-order valence-corrected chi connectivity index (χ4v) is 5.57. The molecule has 1 saturated heterocycles. The zero-order valence-electron chi connectivity index (χ0n) is 22.6. The number of benzene rings is 2. The predicted molar refractivity (Wildman–Crippen MR) is 152 cm³/mol. The van der Waals surface area contributed by atoms with Crippen molar-refractivity contribution in [2.45, 2.75) is 65.1 Å². The van der Waals surface area contributed by atoms with Gasteiger partial charge in [-0.15, -0.1) is 0 Å². The molecule has 7 heteroatoms. The van der Waals surface area contributed by atoms with Crippen LogP contribution in [0.1, 0.15) is 62.3 Å². The van der Waals surface area contributed by atoms with Crippen molar-refractivity contribution < 1.29 is 14.7 Å². The first kappa shape index (κ1) is 27.3. The number of hydrogen-bond acceptors (Lipinski definition) is 5. The minimum Gasteiger partial charge on any atom is -0.483 e. The Balaban J connectivity index is 0.00000107. The molecule has 0 spiro atoms. The van der Waals surface area contributed by atoms with E-state index in [0.29, 0.717) is 0 Å². The minimum atomic E-state index is -0.250. The maximum Gasteiger partial charge on any atom is 0.290 e. The molecule has 1 amide bonds. The number of amides is 1. The number of piperidine rings is 1. The maximum atomic E-state index is 12.5. The van der Waals surface area contributed by atoms with Gasteiger partial charge < -0.3 is 15.3 Å². The van der Waals surface area contributed by atoms with Gasteiger partial charge in [-0.2, -0.15) is 0 Å². The van der Waals surface area contributed by atoms with Gasteiger partial charge in [0.1, 0.15) is 5.82 Å². The average Bonchev–Trinajstić information content (AvgIpc) is 2.91. The largest absolute Gasteiger partial charge is 0.483 e. The summed E-state index contributed by atoms with van der Waals surface area (Å²) in [6.45, 7) is 9.03. The van der Waals surface area contributed by atoms with Gasteiger partial charge in [-0.05, 0) is 92.2 Å². The highest BCUT2D eigenvalue weighted by molar-refractivity contribution is 5.94. The second-order valence-corrected chi connectivity index (χ2v) is 10.3. The molecule has 0 saturated carbocycles. The van der Waals surface area contributed by atoms with E-state index >= 15 is 0 Å². The molecule has 2 N–H and O–H groups in total. The molecule has 5 rings (SSSR count).